The van der Waals surface area contributed by atoms with Crippen LogP contribution in [0.1, 0.15) is 75.7 Å². The van der Waals surface area contributed by atoms with Gasteiger partial charge in [0, 0.05) is 10.4 Å². The maximum atomic E-state index is 12.4. The molecule has 3 rings (SSSR count). The van der Waals surface area contributed by atoms with E-state index in [0.717, 1.165) is 18.4 Å². The predicted octanol–water partition coefficient (Wildman–Crippen LogP) is 3.58. The van der Waals surface area contributed by atoms with Gasteiger partial charge in [-0.05, 0) is 58.1 Å². The van der Waals surface area contributed by atoms with Crippen LogP contribution in [0.2, 0.25) is 0 Å². The summed E-state index contributed by atoms with van der Waals surface area (Å²) in [6.45, 7) is 5.35. The van der Waals surface area contributed by atoms with Gasteiger partial charge < -0.3 is 4.52 Å². The topological polar surface area (TPSA) is 84.2 Å². The number of thiophene rings is 1. The third-order valence-electron chi connectivity index (χ3n) is 4.93. The van der Waals surface area contributed by atoms with Crippen molar-refractivity contribution in [3.05, 3.63) is 38.4 Å². The highest BCUT2D eigenvalue weighted by atomic mass is 32.1. The number of hydrogen-bond donors (Lipinski definition) is 2. The molecule has 0 aromatic carbocycles. The number of nitrogens with one attached hydrogen (secondary N) is 2. The zero-order valence-corrected chi connectivity index (χ0v) is 16.3. The van der Waals surface area contributed by atoms with Crippen LogP contribution < -0.4 is 10.9 Å². The Bertz CT molecular complexity index is 764. The highest BCUT2D eigenvalue weighted by molar-refractivity contribution is 7.14. The zero-order valence-electron chi connectivity index (χ0n) is 15.5. The Kier molecular flexibility index (Phi) is 5.76. The van der Waals surface area contributed by atoms with Crippen molar-refractivity contribution in [1.82, 2.24) is 16.0 Å². The fourth-order valence-electron chi connectivity index (χ4n) is 3.48. The molecule has 0 fully saturated rings. The molecular formula is C19H25N3O3S. The lowest BCUT2D eigenvalue weighted by atomic mass is 9.99. The SMILES string of the molecule is Cc1noc(C)c1C(C)C(=O)NNC(=O)c1cc2c(s1)CCCCCC2. The standard InChI is InChI=1S/C19H25N3O3S/c1-11(17-12(2)22-25-13(17)3)18(23)20-21-19(24)16-10-14-8-6-4-5-7-9-15(14)26-16/h10-11H,4-9H2,1-3H3,(H,20,23)(H,21,24). The van der Waals surface area contributed by atoms with Gasteiger partial charge >= 0.3 is 0 Å². The monoisotopic (exact) mass is 375 g/mol. The number of aromatic nitrogens is 1. The largest absolute Gasteiger partial charge is 0.361 e. The predicted molar refractivity (Wildman–Crippen MR) is 100 cm³/mol. The summed E-state index contributed by atoms with van der Waals surface area (Å²) >= 11 is 1.54. The van der Waals surface area contributed by atoms with E-state index in [2.05, 4.69) is 16.0 Å². The van der Waals surface area contributed by atoms with Crippen molar-refractivity contribution >= 4 is 23.2 Å². The number of carbonyl (C=O) groups is 2. The van der Waals surface area contributed by atoms with Crippen LogP contribution in [0, 0.1) is 13.8 Å². The Morgan fingerprint density at radius 1 is 1.15 bits per heavy atom. The van der Waals surface area contributed by atoms with Gasteiger partial charge in [-0.3, -0.25) is 20.4 Å². The van der Waals surface area contributed by atoms with Crippen LogP contribution in [-0.4, -0.2) is 17.0 Å². The summed E-state index contributed by atoms with van der Waals surface area (Å²) in [4.78, 5) is 26.8. The molecule has 2 aromatic rings. The molecule has 6 nitrogen and oxygen atoms in total. The van der Waals surface area contributed by atoms with Crippen LogP contribution in [0.25, 0.3) is 0 Å². The van der Waals surface area contributed by atoms with Crippen LogP contribution in [-0.2, 0) is 17.6 Å². The molecule has 1 unspecified atom stereocenters. The van der Waals surface area contributed by atoms with E-state index >= 15 is 0 Å². The lowest BCUT2D eigenvalue weighted by Gasteiger charge is -2.12. The number of amides is 2. The summed E-state index contributed by atoms with van der Waals surface area (Å²) in [5, 5.41) is 3.87. The minimum atomic E-state index is -0.454. The summed E-state index contributed by atoms with van der Waals surface area (Å²) in [5.41, 5.74) is 7.81. The number of aryl methyl sites for hydroxylation is 4. The van der Waals surface area contributed by atoms with Crippen LogP contribution in [0.3, 0.4) is 0 Å². The van der Waals surface area contributed by atoms with Crippen molar-refractivity contribution in [2.24, 2.45) is 0 Å². The third kappa shape index (κ3) is 3.98. The van der Waals surface area contributed by atoms with Crippen molar-refractivity contribution < 1.29 is 14.1 Å². The number of hydrazine groups is 1. The van der Waals surface area contributed by atoms with E-state index in [1.165, 1.54) is 36.1 Å². The molecular weight excluding hydrogens is 350 g/mol. The first-order valence-corrected chi connectivity index (χ1v) is 9.93. The molecule has 0 saturated carbocycles. The average molecular weight is 375 g/mol. The molecule has 0 bridgehead atoms. The van der Waals surface area contributed by atoms with E-state index in [1.807, 2.05) is 6.07 Å². The summed E-state index contributed by atoms with van der Waals surface area (Å²) < 4.78 is 5.11. The lowest BCUT2D eigenvalue weighted by Crippen LogP contribution is -2.43. The minimum absolute atomic E-state index is 0.263. The first-order valence-electron chi connectivity index (χ1n) is 9.12. The van der Waals surface area contributed by atoms with Gasteiger partial charge in [0.15, 0.2) is 0 Å². The molecule has 0 radical (unpaired) electrons. The molecule has 1 aliphatic carbocycles. The van der Waals surface area contributed by atoms with E-state index in [0.29, 0.717) is 16.3 Å². The van der Waals surface area contributed by atoms with Gasteiger partial charge in [-0.1, -0.05) is 18.0 Å². The Morgan fingerprint density at radius 3 is 2.58 bits per heavy atom. The Balaban J connectivity index is 1.62. The molecule has 2 aromatic heterocycles. The Morgan fingerprint density at radius 2 is 1.88 bits per heavy atom. The smallest absolute Gasteiger partial charge is 0.279 e. The molecule has 26 heavy (non-hydrogen) atoms. The summed E-state index contributed by atoms with van der Waals surface area (Å²) in [6.07, 6.45) is 6.95. The van der Waals surface area contributed by atoms with E-state index in [9.17, 15) is 9.59 Å². The molecule has 0 spiro atoms. The normalized spacial score (nSPS) is 15.5. The zero-order chi connectivity index (χ0) is 18.7. The maximum Gasteiger partial charge on any atom is 0.279 e. The fraction of sp³-hybridized carbons (Fsp3) is 0.526. The van der Waals surface area contributed by atoms with Crippen molar-refractivity contribution in [2.75, 3.05) is 0 Å². The van der Waals surface area contributed by atoms with Gasteiger partial charge in [0.1, 0.15) is 5.76 Å². The van der Waals surface area contributed by atoms with Gasteiger partial charge in [0.25, 0.3) is 5.91 Å². The van der Waals surface area contributed by atoms with Crippen LogP contribution in [0.4, 0.5) is 0 Å². The van der Waals surface area contributed by atoms with Gasteiger partial charge in [0.05, 0.1) is 16.5 Å². The second-order valence-electron chi connectivity index (χ2n) is 6.88. The molecule has 1 atom stereocenters. The highest BCUT2D eigenvalue weighted by Crippen LogP contribution is 2.28. The molecule has 2 N–H and O–H groups in total. The van der Waals surface area contributed by atoms with Crippen molar-refractivity contribution in [3.63, 3.8) is 0 Å². The first-order chi connectivity index (χ1) is 12.5. The number of nitrogens with zero attached hydrogens (tertiary/aromatic N) is 1. The van der Waals surface area contributed by atoms with Crippen molar-refractivity contribution in [1.29, 1.82) is 0 Å². The first kappa shape index (κ1) is 18.6. The molecule has 140 valence electrons. The number of hydrogen-bond acceptors (Lipinski definition) is 5. The van der Waals surface area contributed by atoms with E-state index < -0.39 is 5.92 Å². The van der Waals surface area contributed by atoms with Gasteiger partial charge in [-0.2, -0.15) is 0 Å². The second-order valence-corrected chi connectivity index (χ2v) is 8.01. The lowest BCUT2D eigenvalue weighted by molar-refractivity contribution is -0.123. The number of fused-ring (bicyclic) bond motifs is 1. The molecule has 1 aliphatic rings. The van der Waals surface area contributed by atoms with E-state index in [4.69, 9.17) is 4.52 Å². The number of rotatable bonds is 3. The van der Waals surface area contributed by atoms with Gasteiger partial charge in [0.2, 0.25) is 5.91 Å². The average Bonchev–Trinajstić information content (AvgIpc) is 3.14. The fourth-order valence-corrected chi connectivity index (χ4v) is 4.63. The van der Waals surface area contributed by atoms with Crippen molar-refractivity contribution in [3.8, 4) is 0 Å². The second kappa shape index (κ2) is 8.03. The highest BCUT2D eigenvalue weighted by Gasteiger charge is 2.24. The summed E-state index contributed by atoms with van der Waals surface area (Å²) in [7, 11) is 0. The summed E-state index contributed by atoms with van der Waals surface area (Å²) in [6, 6.07) is 1.98. The molecule has 7 heteroatoms. The van der Waals surface area contributed by atoms with E-state index in [1.54, 1.807) is 32.1 Å². The molecule has 2 heterocycles. The minimum Gasteiger partial charge on any atom is -0.361 e. The van der Waals surface area contributed by atoms with Crippen LogP contribution >= 0.6 is 11.3 Å². The number of carbonyl (C=O) groups excluding carboxylic acids is 2. The Labute approximate surface area is 157 Å². The molecule has 0 saturated heterocycles. The van der Waals surface area contributed by atoms with Crippen LogP contribution in [0.15, 0.2) is 10.6 Å². The third-order valence-corrected chi connectivity index (χ3v) is 6.17. The maximum absolute atomic E-state index is 12.4. The quantitative estimate of drug-likeness (QED) is 0.803. The van der Waals surface area contributed by atoms with E-state index in [-0.39, 0.29) is 11.8 Å². The summed E-state index contributed by atoms with van der Waals surface area (Å²) in [5.74, 6) is -0.386. The van der Waals surface area contributed by atoms with Crippen molar-refractivity contribution in [2.45, 2.75) is 65.2 Å². The molecule has 2 amide bonds. The van der Waals surface area contributed by atoms with Gasteiger partial charge in [-0.25, -0.2) is 0 Å². The van der Waals surface area contributed by atoms with Gasteiger partial charge in [-0.15, -0.1) is 11.3 Å². The Hall–Kier alpha value is -2.15. The molecule has 0 aliphatic heterocycles. The van der Waals surface area contributed by atoms with Crippen LogP contribution in [0.5, 0.6) is 0 Å².